The van der Waals surface area contributed by atoms with E-state index in [-0.39, 0.29) is 11.3 Å². The highest BCUT2D eigenvalue weighted by atomic mass is 19.2. The lowest BCUT2D eigenvalue weighted by Gasteiger charge is -2.31. The summed E-state index contributed by atoms with van der Waals surface area (Å²) < 4.78 is 30.7. The minimum atomic E-state index is -0.879. The molecule has 0 fully saturated rings. The second kappa shape index (κ2) is 7.52. The number of aromatic nitrogens is 1. The summed E-state index contributed by atoms with van der Waals surface area (Å²) >= 11 is 0. The summed E-state index contributed by atoms with van der Waals surface area (Å²) in [7, 11) is 0. The van der Waals surface area contributed by atoms with Gasteiger partial charge in [0.1, 0.15) is 0 Å². The molecule has 3 aromatic rings. The van der Waals surface area contributed by atoms with Crippen LogP contribution in [-0.2, 0) is 13.1 Å². The largest absolute Gasteiger partial charge is 0.350 e. The first-order valence-electron chi connectivity index (χ1n) is 9.11. The van der Waals surface area contributed by atoms with Crippen LogP contribution in [-0.4, -0.2) is 20.9 Å². The van der Waals surface area contributed by atoms with Crippen molar-refractivity contribution >= 4 is 5.69 Å². The van der Waals surface area contributed by atoms with Crippen LogP contribution in [0.2, 0.25) is 0 Å². The van der Waals surface area contributed by atoms with Gasteiger partial charge in [-0.1, -0.05) is 24.3 Å². The Morgan fingerprint density at radius 3 is 2.71 bits per heavy atom. The Bertz CT molecular complexity index is 1020. The molecule has 1 aromatic heterocycles. The molecule has 0 N–H and O–H groups in total. The maximum Gasteiger partial charge on any atom is 0.269 e. The fourth-order valence-corrected chi connectivity index (χ4v) is 3.90. The normalized spacial score (nSPS) is 17.1. The number of nitro benzene ring substituents is 1. The average molecular weight is 383 g/mol. The number of fused-ring (bicyclic) bond motifs is 1. The van der Waals surface area contributed by atoms with Gasteiger partial charge in [0, 0.05) is 49.2 Å². The Kier molecular flexibility index (Phi) is 4.92. The summed E-state index contributed by atoms with van der Waals surface area (Å²) in [4.78, 5) is 12.7. The third-order valence-electron chi connectivity index (χ3n) is 5.14. The summed E-state index contributed by atoms with van der Waals surface area (Å²) in [5.74, 6) is -1.73. The van der Waals surface area contributed by atoms with Crippen LogP contribution in [0.5, 0.6) is 0 Å². The summed E-state index contributed by atoms with van der Waals surface area (Å²) in [6.07, 6.45) is 2.78. The van der Waals surface area contributed by atoms with Crippen molar-refractivity contribution in [3.63, 3.8) is 0 Å². The van der Waals surface area contributed by atoms with Crippen LogP contribution in [0.4, 0.5) is 14.5 Å². The van der Waals surface area contributed by atoms with E-state index in [9.17, 15) is 18.9 Å². The van der Waals surface area contributed by atoms with Gasteiger partial charge in [0.15, 0.2) is 11.6 Å². The lowest BCUT2D eigenvalue weighted by Crippen LogP contribution is -2.30. The molecule has 0 saturated heterocycles. The van der Waals surface area contributed by atoms with Crippen molar-refractivity contribution in [1.82, 2.24) is 9.47 Å². The molecule has 7 heteroatoms. The zero-order chi connectivity index (χ0) is 19.7. The molecule has 1 aliphatic rings. The van der Waals surface area contributed by atoms with Gasteiger partial charge in [0.2, 0.25) is 0 Å². The van der Waals surface area contributed by atoms with Crippen LogP contribution in [0, 0.1) is 21.7 Å². The Balaban J connectivity index is 1.77. The van der Waals surface area contributed by atoms with E-state index < -0.39 is 22.6 Å². The molecule has 0 spiro atoms. The van der Waals surface area contributed by atoms with Crippen LogP contribution in [0.25, 0.3) is 0 Å². The number of aryl methyl sites for hydroxylation is 1. The predicted molar refractivity (Wildman–Crippen MR) is 101 cm³/mol. The lowest BCUT2D eigenvalue weighted by atomic mass is 10.00. The van der Waals surface area contributed by atoms with Crippen molar-refractivity contribution in [2.75, 3.05) is 6.54 Å². The van der Waals surface area contributed by atoms with Crippen molar-refractivity contribution in [3.05, 3.63) is 99.4 Å². The number of hydrogen-bond acceptors (Lipinski definition) is 3. The first kappa shape index (κ1) is 18.3. The topological polar surface area (TPSA) is 51.3 Å². The summed E-state index contributed by atoms with van der Waals surface area (Å²) in [6.45, 7) is 1.83. The van der Waals surface area contributed by atoms with Crippen LogP contribution in [0.3, 0.4) is 0 Å². The molecular formula is C21H19F2N3O2. The number of benzene rings is 2. The molecule has 1 aliphatic heterocycles. The fraction of sp³-hybridized carbons (Fsp3) is 0.238. The fourth-order valence-electron chi connectivity index (χ4n) is 3.90. The van der Waals surface area contributed by atoms with E-state index in [1.165, 1.54) is 18.2 Å². The van der Waals surface area contributed by atoms with Gasteiger partial charge in [-0.25, -0.2) is 8.78 Å². The standard InChI is InChI=1S/C21H19F2N3O2/c22-18-8-2-7-17(20(18)23)21-19-9-3-10-24(19)11-4-12-25(21)14-15-5-1-6-16(13-15)26(27)28/h1-3,5-10,13,21H,4,11-12,14H2. The van der Waals surface area contributed by atoms with Crippen LogP contribution in [0.1, 0.15) is 29.3 Å². The van der Waals surface area contributed by atoms with Gasteiger partial charge in [-0.2, -0.15) is 0 Å². The Hall–Kier alpha value is -3.06. The predicted octanol–water partition coefficient (Wildman–Crippen LogP) is 4.67. The molecule has 5 nitrogen and oxygen atoms in total. The van der Waals surface area contributed by atoms with Crippen molar-refractivity contribution in [3.8, 4) is 0 Å². The number of halogens is 2. The molecular weight excluding hydrogens is 364 g/mol. The minimum Gasteiger partial charge on any atom is -0.350 e. The van der Waals surface area contributed by atoms with Crippen LogP contribution >= 0.6 is 0 Å². The molecule has 4 rings (SSSR count). The SMILES string of the molecule is O=[N+]([O-])c1cccc(CN2CCCn3cccc3C2c2cccc(F)c2F)c1. The molecule has 144 valence electrons. The van der Waals surface area contributed by atoms with Crippen molar-refractivity contribution in [2.45, 2.75) is 25.6 Å². The summed E-state index contributed by atoms with van der Waals surface area (Å²) in [5, 5.41) is 11.1. The third-order valence-corrected chi connectivity index (χ3v) is 5.14. The van der Waals surface area contributed by atoms with E-state index >= 15 is 0 Å². The van der Waals surface area contributed by atoms with E-state index in [0.29, 0.717) is 13.1 Å². The molecule has 1 atom stereocenters. The second-order valence-corrected chi connectivity index (χ2v) is 6.92. The van der Waals surface area contributed by atoms with E-state index in [1.54, 1.807) is 12.1 Å². The van der Waals surface area contributed by atoms with Gasteiger partial charge in [0.05, 0.1) is 11.0 Å². The van der Waals surface area contributed by atoms with Gasteiger partial charge < -0.3 is 4.57 Å². The van der Waals surface area contributed by atoms with Gasteiger partial charge in [-0.05, 0) is 30.2 Å². The van der Waals surface area contributed by atoms with Crippen LogP contribution in [0.15, 0.2) is 60.8 Å². The smallest absolute Gasteiger partial charge is 0.269 e. The number of hydrogen-bond donors (Lipinski definition) is 0. The van der Waals surface area contributed by atoms with E-state index in [4.69, 9.17) is 0 Å². The Morgan fingerprint density at radius 1 is 1.07 bits per heavy atom. The number of nitrogens with zero attached hydrogens (tertiary/aromatic N) is 3. The molecule has 2 aromatic carbocycles. The maximum absolute atomic E-state index is 14.7. The molecule has 1 unspecified atom stereocenters. The Labute approximate surface area is 161 Å². The van der Waals surface area contributed by atoms with Gasteiger partial charge in [-0.3, -0.25) is 15.0 Å². The molecule has 0 radical (unpaired) electrons. The first-order chi connectivity index (χ1) is 13.5. The summed E-state index contributed by atoms with van der Waals surface area (Å²) in [6, 6.07) is 14.0. The van der Waals surface area contributed by atoms with Gasteiger partial charge >= 0.3 is 0 Å². The minimum absolute atomic E-state index is 0.0178. The van der Waals surface area contributed by atoms with E-state index in [1.807, 2.05) is 24.4 Å². The third kappa shape index (κ3) is 3.41. The van der Waals surface area contributed by atoms with Gasteiger partial charge in [0.25, 0.3) is 5.69 Å². The highest BCUT2D eigenvalue weighted by Crippen LogP contribution is 2.35. The number of non-ortho nitro benzene ring substituents is 1. The molecule has 0 bridgehead atoms. The molecule has 0 amide bonds. The lowest BCUT2D eigenvalue weighted by molar-refractivity contribution is -0.384. The highest BCUT2D eigenvalue weighted by Gasteiger charge is 2.30. The Morgan fingerprint density at radius 2 is 1.89 bits per heavy atom. The molecule has 0 saturated carbocycles. The molecule has 0 aliphatic carbocycles. The van der Waals surface area contributed by atoms with Crippen molar-refractivity contribution in [2.24, 2.45) is 0 Å². The average Bonchev–Trinajstić information content (AvgIpc) is 3.07. The van der Waals surface area contributed by atoms with Crippen LogP contribution < -0.4 is 0 Å². The highest BCUT2D eigenvalue weighted by molar-refractivity contribution is 5.35. The second-order valence-electron chi connectivity index (χ2n) is 6.92. The maximum atomic E-state index is 14.7. The number of rotatable bonds is 4. The van der Waals surface area contributed by atoms with Gasteiger partial charge in [-0.15, -0.1) is 0 Å². The zero-order valence-corrected chi connectivity index (χ0v) is 15.1. The van der Waals surface area contributed by atoms with E-state index in [0.717, 1.165) is 30.3 Å². The first-order valence-corrected chi connectivity index (χ1v) is 9.11. The van der Waals surface area contributed by atoms with Crippen molar-refractivity contribution < 1.29 is 13.7 Å². The van der Waals surface area contributed by atoms with E-state index in [2.05, 4.69) is 9.47 Å². The van der Waals surface area contributed by atoms with Crippen molar-refractivity contribution in [1.29, 1.82) is 0 Å². The zero-order valence-electron chi connectivity index (χ0n) is 15.1. The molecule has 2 heterocycles. The monoisotopic (exact) mass is 383 g/mol. The molecule has 28 heavy (non-hydrogen) atoms. The number of nitro groups is 1. The summed E-state index contributed by atoms with van der Waals surface area (Å²) in [5.41, 5.74) is 1.93. The quantitative estimate of drug-likeness (QED) is 0.486.